The molecule has 0 aliphatic carbocycles. The summed E-state index contributed by atoms with van der Waals surface area (Å²) in [5, 5.41) is 4.46. The molecule has 3 nitrogen and oxygen atoms in total. The maximum atomic E-state index is 12.1. The molecule has 0 bridgehead atoms. The van der Waals surface area contributed by atoms with Gasteiger partial charge in [0.05, 0.1) is 16.6 Å². The van der Waals surface area contributed by atoms with Gasteiger partial charge in [0.25, 0.3) is 0 Å². The van der Waals surface area contributed by atoms with Crippen LogP contribution in [0.2, 0.25) is 10.0 Å². The van der Waals surface area contributed by atoms with Crippen molar-refractivity contribution in [2.45, 2.75) is 13.3 Å². The first-order valence-electron chi connectivity index (χ1n) is 6.63. The average Bonchev–Trinajstić information content (AvgIpc) is 2.86. The largest absolute Gasteiger partial charge is 0.302 e. The van der Waals surface area contributed by atoms with Gasteiger partial charge in [-0.25, -0.2) is 4.98 Å². The van der Waals surface area contributed by atoms with E-state index in [0.717, 1.165) is 21.3 Å². The minimum atomic E-state index is -0.152. The average molecular weight is 351 g/mol. The standard InChI is InChI=1S/C16H12Cl2N2OS/c1-9-3-2-4-13-15(9)20-16(22-13)19-14(21)7-10-5-6-11(17)8-12(10)18/h2-6,8H,7H2,1H3,(H,19,20,21). The van der Waals surface area contributed by atoms with Gasteiger partial charge in [-0.15, -0.1) is 0 Å². The lowest BCUT2D eigenvalue weighted by Gasteiger charge is -2.04. The molecule has 0 aliphatic rings. The number of nitrogens with one attached hydrogen (secondary N) is 1. The summed E-state index contributed by atoms with van der Waals surface area (Å²) >= 11 is 13.4. The number of hydrogen-bond acceptors (Lipinski definition) is 3. The van der Waals surface area contributed by atoms with E-state index in [0.29, 0.717) is 15.2 Å². The molecule has 0 unspecified atom stereocenters. The topological polar surface area (TPSA) is 42.0 Å². The molecular formula is C16H12Cl2N2OS. The van der Waals surface area contributed by atoms with Crippen molar-refractivity contribution in [1.82, 2.24) is 4.98 Å². The van der Waals surface area contributed by atoms with E-state index in [1.807, 2.05) is 25.1 Å². The molecule has 1 heterocycles. The Balaban J connectivity index is 1.77. The Labute approximate surface area is 141 Å². The number of carbonyl (C=O) groups is 1. The molecule has 0 saturated heterocycles. The van der Waals surface area contributed by atoms with Crippen LogP contribution in [0.3, 0.4) is 0 Å². The van der Waals surface area contributed by atoms with Crippen LogP contribution in [-0.4, -0.2) is 10.9 Å². The Morgan fingerprint density at radius 3 is 2.82 bits per heavy atom. The summed E-state index contributed by atoms with van der Waals surface area (Å²) in [6.45, 7) is 2.00. The third-order valence-electron chi connectivity index (χ3n) is 3.23. The molecule has 1 N–H and O–H groups in total. The molecule has 0 spiro atoms. The highest BCUT2D eigenvalue weighted by atomic mass is 35.5. The van der Waals surface area contributed by atoms with Crippen LogP contribution in [0.5, 0.6) is 0 Å². The van der Waals surface area contributed by atoms with Crippen molar-refractivity contribution in [1.29, 1.82) is 0 Å². The van der Waals surface area contributed by atoms with Gasteiger partial charge in [-0.2, -0.15) is 0 Å². The van der Waals surface area contributed by atoms with E-state index in [4.69, 9.17) is 23.2 Å². The Hall–Kier alpha value is -1.62. The van der Waals surface area contributed by atoms with Crippen molar-refractivity contribution in [2.75, 3.05) is 5.32 Å². The number of hydrogen-bond donors (Lipinski definition) is 1. The number of benzene rings is 2. The minimum absolute atomic E-state index is 0.152. The second kappa shape index (κ2) is 6.24. The third kappa shape index (κ3) is 3.24. The van der Waals surface area contributed by atoms with E-state index in [9.17, 15) is 4.79 Å². The first-order valence-corrected chi connectivity index (χ1v) is 8.20. The fraction of sp³-hybridized carbons (Fsp3) is 0.125. The van der Waals surface area contributed by atoms with Gasteiger partial charge in [0, 0.05) is 10.0 Å². The predicted molar refractivity (Wildman–Crippen MR) is 93.2 cm³/mol. The molecular weight excluding hydrogens is 339 g/mol. The summed E-state index contributed by atoms with van der Waals surface area (Å²) in [5.74, 6) is -0.152. The van der Waals surface area contributed by atoms with Crippen molar-refractivity contribution in [3.05, 3.63) is 57.6 Å². The molecule has 22 heavy (non-hydrogen) atoms. The number of halogens is 2. The number of nitrogens with zero attached hydrogens (tertiary/aromatic N) is 1. The zero-order chi connectivity index (χ0) is 15.7. The summed E-state index contributed by atoms with van der Waals surface area (Å²) in [6, 6.07) is 11.1. The van der Waals surface area contributed by atoms with Gasteiger partial charge in [0.1, 0.15) is 0 Å². The zero-order valence-corrected chi connectivity index (χ0v) is 14.0. The molecule has 2 aromatic carbocycles. The number of aryl methyl sites for hydroxylation is 1. The second-order valence-corrected chi connectivity index (χ2v) is 6.78. The summed E-state index contributed by atoms with van der Waals surface area (Å²) < 4.78 is 1.06. The SMILES string of the molecule is Cc1cccc2sc(NC(=O)Cc3ccc(Cl)cc3Cl)nc12. The number of rotatable bonds is 3. The van der Waals surface area contributed by atoms with Gasteiger partial charge in [0.2, 0.25) is 5.91 Å². The number of anilines is 1. The lowest BCUT2D eigenvalue weighted by Crippen LogP contribution is -2.14. The molecule has 3 rings (SSSR count). The summed E-state index contributed by atoms with van der Waals surface area (Å²) in [5.41, 5.74) is 2.75. The van der Waals surface area contributed by atoms with Gasteiger partial charge in [-0.1, -0.05) is 52.7 Å². The predicted octanol–water partition coefficient (Wildman–Crippen LogP) is 5.09. The van der Waals surface area contributed by atoms with Crippen molar-refractivity contribution in [3.8, 4) is 0 Å². The first kappa shape index (κ1) is 15.3. The smallest absolute Gasteiger partial charge is 0.230 e. The number of para-hydroxylation sites is 1. The van der Waals surface area contributed by atoms with Crippen LogP contribution in [0.1, 0.15) is 11.1 Å². The third-order valence-corrected chi connectivity index (χ3v) is 4.76. The van der Waals surface area contributed by atoms with E-state index in [1.165, 1.54) is 11.3 Å². The van der Waals surface area contributed by atoms with E-state index in [-0.39, 0.29) is 12.3 Å². The highest BCUT2D eigenvalue weighted by molar-refractivity contribution is 7.22. The minimum Gasteiger partial charge on any atom is -0.302 e. The van der Waals surface area contributed by atoms with E-state index in [1.54, 1.807) is 18.2 Å². The van der Waals surface area contributed by atoms with Crippen LogP contribution in [-0.2, 0) is 11.2 Å². The first-order chi connectivity index (χ1) is 10.5. The number of thiazole rings is 1. The maximum absolute atomic E-state index is 12.1. The molecule has 112 valence electrons. The van der Waals surface area contributed by atoms with Crippen LogP contribution >= 0.6 is 34.5 Å². The monoisotopic (exact) mass is 350 g/mol. The molecule has 0 saturated carbocycles. The lowest BCUT2D eigenvalue weighted by atomic mass is 10.1. The van der Waals surface area contributed by atoms with Gasteiger partial charge >= 0.3 is 0 Å². The fourth-order valence-electron chi connectivity index (χ4n) is 2.14. The number of amides is 1. The summed E-state index contributed by atoms with van der Waals surface area (Å²) in [7, 11) is 0. The zero-order valence-electron chi connectivity index (χ0n) is 11.7. The van der Waals surface area contributed by atoms with E-state index >= 15 is 0 Å². The molecule has 1 amide bonds. The van der Waals surface area contributed by atoms with Crippen LogP contribution in [0.25, 0.3) is 10.2 Å². The van der Waals surface area contributed by atoms with Gasteiger partial charge in [-0.05, 0) is 36.2 Å². The fourth-order valence-corrected chi connectivity index (χ4v) is 3.58. The van der Waals surface area contributed by atoms with Gasteiger partial charge < -0.3 is 5.32 Å². The molecule has 0 aliphatic heterocycles. The van der Waals surface area contributed by atoms with Crippen LogP contribution in [0, 0.1) is 6.92 Å². The molecule has 0 radical (unpaired) electrons. The number of carbonyl (C=O) groups excluding carboxylic acids is 1. The molecule has 6 heteroatoms. The van der Waals surface area contributed by atoms with Crippen LogP contribution in [0.4, 0.5) is 5.13 Å². The molecule has 0 atom stereocenters. The number of fused-ring (bicyclic) bond motifs is 1. The summed E-state index contributed by atoms with van der Waals surface area (Å²) in [4.78, 5) is 16.6. The highest BCUT2D eigenvalue weighted by Crippen LogP contribution is 2.28. The summed E-state index contributed by atoms with van der Waals surface area (Å²) in [6.07, 6.45) is 0.185. The number of aromatic nitrogens is 1. The van der Waals surface area contributed by atoms with Gasteiger partial charge in [-0.3, -0.25) is 4.79 Å². The van der Waals surface area contributed by atoms with E-state index < -0.39 is 0 Å². The van der Waals surface area contributed by atoms with Crippen molar-refractivity contribution >= 4 is 55.8 Å². The normalized spacial score (nSPS) is 10.9. The van der Waals surface area contributed by atoms with Crippen LogP contribution in [0.15, 0.2) is 36.4 Å². The highest BCUT2D eigenvalue weighted by Gasteiger charge is 2.11. The van der Waals surface area contributed by atoms with Gasteiger partial charge in [0.15, 0.2) is 5.13 Å². The quantitative estimate of drug-likeness (QED) is 0.714. The maximum Gasteiger partial charge on any atom is 0.230 e. The Morgan fingerprint density at radius 1 is 1.27 bits per heavy atom. The lowest BCUT2D eigenvalue weighted by molar-refractivity contribution is -0.115. The molecule has 1 aromatic heterocycles. The van der Waals surface area contributed by atoms with Crippen molar-refractivity contribution in [3.63, 3.8) is 0 Å². The van der Waals surface area contributed by atoms with Crippen molar-refractivity contribution < 1.29 is 4.79 Å². The van der Waals surface area contributed by atoms with Crippen molar-refractivity contribution in [2.24, 2.45) is 0 Å². The Bertz CT molecular complexity index is 860. The Morgan fingerprint density at radius 2 is 2.09 bits per heavy atom. The second-order valence-electron chi connectivity index (χ2n) is 4.90. The Kier molecular flexibility index (Phi) is 4.34. The van der Waals surface area contributed by atoms with Crippen LogP contribution < -0.4 is 5.32 Å². The molecule has 0 fully saturated rings. The van der Waals surface area contributed by atoms with E-state index in [2.05, 4.69) is 10.3 Å². The molecule has 3 aromatic rings.